The van der Waals surface area contributed by atoms with Crippen LogP contribution in [0.1, 0.15) is 37.8 Å². The number of hydrogen-bond donors (Lipinski definition) is 1. The lowest BCUT2D eigenvalue weighted by Gasteiger charge is -2.45. The first-order valence-electron chi connectivity index (χ1n) is 9.93. The van der Waals surface area contributed by atoms with Crippen molar-refractivity contribution >= 4 is 46.4 Å². The fourth-order valence-electron chi connectivity index (χ4n) is 4.27. The fourth-order valence-corrected chi connectivity index (χ4v) is 4.89. The summed E-state index contributed by atoms with van der Waals surface area (Å²) in [6.07, 6.45) is 3.27. The van der Waals surface area contributed by atoms with E-state index in [9.17, 15) is 4.79 Å². The number of nitrogens with two attached hydrogens (primary N) is 1. The van der Waals surface area contributed by atoms with Gasteiger partial charge in [0.05, 0.1) is 10.7 Å². The van der Waals surface area contributed by atoms with Crippen LogP contribution < -0.4 is 10.7 Å². The normalized spacial score (nSPS) is 20.2. The summed E-state index contributed by atoms with van der Waals surface area (Å²) in [5.74, 6) is -0.468. The van der Waals surface area contributed by atoms with Crippen molar-refractivity contribution in [1.29, 1.82) is 0 Å². The lowest BCUT2D eigenvalue weighted by molar-refractivity contribution is -0.119. The molecule has 0 bridgehead atoms. The monoisotopic (exact) mass is 464 g/mol. The van der Waals surface area contributed by atoms with Crippen LogP contribution in [0.2, 0.25) is 15.1 Å². The van der Waals surface area contributed by atoms with Gasteiger partial charge in [-0.15, -0.1) is 0 Å². The molecule has 1 atom stereocenters. The van der Waals surface area contributed by atoms with Gasteiger partial charge in [0.25, 0.3) is 5.91 Å². The number of hydrogen-bond acceptors (Lipinski definition) is 4. The van der Waals surface area contributed by atoms with Crippen LogP contribution in [0.4, 0.5) is 5.69 Å². The second-order valence-corrected chi connectivity index (χ2v) is 8.87. The number of nitrogens with zero attached hydrogens (tertiary/aromatic N) is 3. The standard InChI is InChI=1S/C22H23Cl3N4O/c1-14-20(15-5-7-16(23)8-6-15)28(19-10-9-17(24)13-18(19)25)29(21(14)22(26)30)27-11-3-2-4-12-27/h5-10,13,20H,2-4,11-12H2,1H3,(H2,26,30). The molecule has 0 aromatic heterocycles. The first-order chi connectivity index (χ1) is 14.4. The molecular weight excluding hydrogens is 443 g/mol. The minimum absolute atomic E-state index is 0.259. The molecule has 2 aromatic rings. The average molecular weight is 466 g/mol. The lowest BCUT2D eigenvalue weighted by Crippen LogP contribution is -2.54. The van der Waals surface area contributed by atoms with Crippen molar-refractivity contribution < 1.29 is 4.79 Å². The summed E-state index contributed by atoms with van der Waals surface area (Å²) in [6, 6.07) is 12.7. The molecule has 0 radical (unpaired) electrons. The third-order valence-electron chi connectivity index (χ3n) is 5.61. The topological polar surface area (TPSA) is 52.8 Å². The van der Waals surface area contributed by atoms with E-state index >= 15 is 0 Å². The first kappa shape index (κ1) is 21.3. The van der Waals surface area contributed by atoms with Gasteiger partial charge in [-0.1, -0.05) is 53.4 Å². The molecule has 158 valence electrons. The van der Waals surface area contributed by atoms with Gasteiger partial charge in [0.1, 0.15) is 11.7 Å². The van der Waals surface area contributed by atoms with E-state index in [1.165, 1.54) is 6.42 Å². The van der Waals surface area contributed by atoms with Crippen molar-refractivity contribution in [2.75, 3.05) is 18.1 Å². The van der Waals surface area contributed by atoms with E-state index in [0.717, 1.165) is 42.8 Å². The number of halogens is 3. The second-order valence-electron chi connectivity index (χ2n) is 7.59. The molecule has 2 aliphatic rings. The molecule has 0 aliphatic carbocycles. The van der Waals surface area contributed by atoms with Gasteiger partial charge in [-0.2, -0.15) is 0 Å². The van der Waals surface area contributed by atoms with Gasteiger partial charge < -0.3 is 5.73 Å². The molecule has 1 unspecified atom stereocenters. The van der Waals surface area contributed by atoms with Gasteiger partial charge in [-0.3, -0.25) is 9.80 Å². The molecule has 4 rings (SSSR count). The molecular formula is C22H23Cl3N4O. The molecule has 1 amide bonds. The Morgan fingerprint density at radius 3 is 2.20 bits per heavy atom. The third kappa shape index (κ3) is 3.87. The summed E-state index contributed by atoms with van der Waals surface area (Å²) >= 11 is 18.9. The Hall–Kier alpha value is -1.92. The number of amides is 1. The molecule has 30 heavy (non-hydrogen) atoms. The van der Waals surface area contributed by atoms with Crippen molar-refractivity contribution in [3.05, 3.63) is 74.4 Å². The highest BCUT2D eigenvalue weighted by molar-refractivity contribution is 6.36. The number of rotatable bonds is 4. The molecule has 2 aliphatic heterocycles. The van der Waals surface area contributed by atoms with Crippen LogP contribution in [0.3, 0.4) is 0 Å². The smallest absolute Gasteiger partial charge is 0.268 e. The minimum Gasteiger partial charge on any atom is -0.364 e. The van der Waals surface area contributed by atoms with Crippen molar-refractivity contribution in [2.45, 2.75) is 32.2 Å². The van der Waals surface area contributed by atoms with Gasteiger partial charge in [-0.05, 0) is 61.2 Å². The van der Waals surface area contributed by atoms with Crippen LogP contribution in [0.25, 0.3) is 0 Å². The molecule has 1 saturated heterocycles. The quantitative estimate of drug-likeness (QED) is 0.640. The van der Waals surface area contributed by atoms with Crippen molar-refractivity contribution in [2.24, 2.45) is 5.73 Å². The molecule has 2 aromatic carbocycles. The van der Waals surface area contributed by atoms with E-state index < -0.39 is 5.91 Å². The number of carbonyl (C=O) groups is 1. The minimum atomic E-state index is -0.468. The van der Waals surface area contributed by atoms with Crippen LogP contribution >= 0.6 is 34.8 Å². The first-order valence-corrected chi connectivity index (χ1v) is 11.1. The lowest BCUT2D eigenvalue weighted by atomic mass is 9.99. The summed E-state index contributed by atoms with van der Waals surface area (Å²) in [6.45, 7) is 3.61. The summed E-state index contributed by atoms with van der Waals surface area (Å²) in [5.41, 5.74) is 8.96. The number of anilines is 1. The van der Waals surface area contributed by atoms with Gasteiger partial charge in [0, 0.05) is 23.1 Å². The maximum Gasteiger partial charge on any atom is 0.268 e. The highest BCUT2D eigenvalue weighted by Crippen LogP contribution is 2.46. The van der Waals surface area contributed by atoms with E-state index in [1.54, 1.807) is 12.1 Å². The number of carbonyl (C=O) groups excluding carboxylic acids is 1. The Labute approximate surface area is 191 Å². The van der Waals surface area contributed by atoms with Gasteiger partial charge >= 0.3 is 0 Å². The zero-order valence-corrected chi connectivity index (χ0v) is 18.9. The van der Waals surface area contributed by atoms with E-state index in [0.29, 0.717) is 20.8 Å². The molecule has 8 heteroatoms. The Balaban J connectivity index is 1.91. The van der Waals surface area contributed by atoms with Crippen molar-refractivity contribution in [3.63, 3.8) is 0 Å². The van der Waals surface area contributed by atoms with Crippen LogP contribution in [0.5, 0.6) is 0 Å². The highest BCUT2D eigenvalue weighted by atomic mass is 35.5. The third-order valence-corrected chi connectivity index (χ3v) is 6.40. The van der Waals surface area contributed by atoms with Crippen LogP contribution in [-0.2, 0) is 4.79 Å². The largest absolute Gasteiger partial charge is 0.364 e. The van der Waals surface area contributed by atoms with E-state index in [1.807, 2.05) is 47.4 Å². The molecule has 2 N–H and O–H groups in total. The molecule has 1 fully saturated rings. The zero-order chi connectivity index (χ0) is 21.4. The molecule has 5 nitrogen and oxygen atoms in total. The Bertz CT molecular complexity index is 986. The van der Waals surface area contributed by atoms with E-state index in [4.69, 9.17) is 40.5 Å². The summed E-state index contributed by atoms with van der Waals surface area (Å²) < 4.78 is 0. The van der Waals surface area contributed by atoms with Crippen LogP contribution in [0, 0.1) is 0 Å². The Kier molecular flexibility index (Phi) is 6.16. The average Bonchev–Trinajstić information content (AvgIpc) is 3.02. The number of hydrazine groups is 2. The van der Waals surface area contributed by atoms with Gasteiger partial charge in [0.2, 0.25) is 0 Å². The van der Waals surface area contributed by atoms with E-state index in [2.05, 4.69) is 5.01 Å². The zero-order valence-electron chi connectivity index (χ0n) is 16.6. The number of piperidine rings is 1. The molecule has 2 heterocycles. The summed E-state index contributed by atoms with van der Waals surface area (Å²) in [5, 5.41) is 7.84. The maximum atomic E-state index is 12.6. The van der Waals surface area contributed by atoms with Crippen LogP contribution in [0.15, 0.2) is 53.7 Å². The molecule has 0 saturated carbocycles. The number of benzene rings is 2. The fraction of sp³-hybridized carbons (Fsp3) is 0.318. The van der Waals surface area contributed by atoms with Crippen molar-refractivity contribution in [3.8, 4) is 0 Å². The second kappa shape index (κ2) is 8.67. The predicted octanol–water partition coefficient (Wildman–Crippen LogP) is 5.59. The molecule has 0 spiro atoms. The maximum absolute atomic E-state index is 12.6. The van der Waals surface area contributed by atoms with E-state index in [-0.39, 0.29) is 6.04 Å². The summed E-state index contributed by atoms with van der Waals surface area (Å²) in [7, 11) is 0. The van der Waals surface area contributed by atoms with Gasteiger partial charge in [0.15, 0.2) is 0 Å². The summed E-state index contributed by atoms with van der Waals surface area (Å²) in [4.78, 5) is 12.6. The number of primary amides is 1. The van der Waals surface area contributed by atoms with Gasteiger partial charge in [-0.25, -0.2) is 10.1 Å². The highest BCUT2D eigenvalue weighted by Gasteiger charge is 2.44. The van der Waals surface area contributed by atoms with Crippen LogP contribution in [-0.4, -0.2) is 29.1 Å². The Morgan fingerprint density at radius 1 is 0.967 bits per heavy atom. The Morgan fingerprint density at radius 2 is 1.60 bits per heavy atom. The SMILES string of the molecule is CC1=C(C(N)=O)N(N2CCCCC2)N(c2ccc(Cl)cc2Cl)C1c1ccc(Cl)cc1. The van der Waals surface area contributed by atoms with Crippen molar-refractivity contribution in [1.82, 2.24) is 10.1 Å². The predicted molar refractivity (Wildman–Crippen MR) is 122 cm³/mol.